The van der Waals surface area contributed by atoms with E-state index in [1.54, 1.807) is 6.07 Å². The predicted molar refractivity (Wildman–Crippen MR) is 70.6 cm³/mol. The molecule has 2 N–H and O–H groups in total. The van der Waals surface area contributed by atoms with Gasteiger partial charge in [0.1, 0.15) is 0 Å². The van der Waals surface area contributed by atoms with Gasteiger partial charge in [0, 0.05) is 24.2 Å². The SMILES string of the molecule is O=C(O)c1cc(Cl)ccc1NC(=O)C1CCOCC1. The molecule has 1 aliphatic heterocycles. The molecule has 1 saturated heterocycles. The van der Waals surface area contributed by atoms with Gasteiger partial charge < -0.3 is 15.2 Å². The fourth-order valence-electron chi connectivity index (χ4n) is 2.00. The Kier molecular flexibility index (Phi) is 4.39. The predicted octanol–water partition coefficient (Wildman–Crippen LogP) is 2.40. The van der Waals surface area contributed by atoms with E-state index in [0.29, 0.717) is 31.1 Å². The van der Waals surface area contributed by atoms with E-state index in [0.717, 1.165) is 0 Å². The number of carboxylic acids is 1. The number of carbonyl (C=O) groups excluding carboxylic acids is 1. The monoisotopic (exact) mass is 283 g/mol. The topological polar surface area (TPSA) is 75.6 Å². The maximum Gasteiger partial charge on any atom is 0.337 e. The zero-order chi connectivity index (χ0) is 13.8. The lowest BCUT2D eigenvalue weighted by Crippen LogP contribution is -2.29. The molecule has 0 radical (unpaired) electrons. The van der Waals surface area contributed by atoms with Crippen LogP contribution in [0.15, 0.2) is 18.2 Å². The van der Waals surface area contributed by atoms with Crippen molar-refractivity contribution in [3.8, 4) is 0 Å². The third kappa shape index (κ3) is 3.45. The number of amides is 1. The standard InChI is InChI=1S/C13H14ClNO4/c14-9-1-2-11(10(7-9)13(17)18)15-12(16)8-3-5-19-6-4-8/h1-2,7-8H,3-6H2,(H,15,16)(H,17,18). The highest BCUT2D eigenvalue weighted by Gasteiger charge is 2.23. The zero-order valence-corrected chi connectivity index (χ0v) is 10.9. The summed E-state index contributed by atoms with van der Waals surface area (Å²) in [6.07, 6.45) is 1.31. The van der Waals surface area contributed by atoms with Crippen LogP contribution in [0.2, 0.25) is 5.02 Å². The molecule has 0 saturated carbocycles. The Morgan fingerprint density at radius 2 is 2.00 bits per heavy atom. The van der Waals surface area contributed by atoms with Crippen molar-refractivity contribution in [1.29, 1.82) is 0 Å². The molecular weight excluding hydrogens is 270 g/mol. The lowest BCUT2D eigenvalue weighted by molar-refractivity contribution is -0.122. The van der Waals surface area contributed by atoms with Crippen LogP contribution in [0, 0.1) is 5.92 Å². The molecule has 6 heteroatoms. The minimum atomic E-state index is -1.12. The number of rotatable bonds is 3. The third-order valence-corrected chi connectivity index (χ3v) is 3.30. The number of anilines is 1. The number of ether oxygens (including phenoxy) is 1. The largest absolute Gasteiger partial charge is 0.478 e. The van der Waals surface area contributed by atoms with E-state index in [1.807, 2.05) is 0 Å². The number of benzene rings is 1. The molecule has 102 valence electrons. The number of carbonyl (C=O) groups is 2. The molecule has 0 unspecified atom stereocenters. The molecule has 1 heterocycles. The molecule has 0 spiro atoms. The minimum absolute atomic E-state index is 0.00657. The lowest BCUT2D eigenvalue weighted by atomic mass is 9.99. The van der Waals surface area contributed by atoms with Crippen molar-refractivity contribution in [3.05, 3.63) is 28.8 Å². The van der Waals surface area contributed by atoms with Crippen molar-refractivity contribution < 1.29 is 19.4 Å². The molecule has 1 aliphatic rings. The molecule has 1 aromatic carbocycles. The summed E-state index contributed by atoms with van der Waals surface area (Å²) >= 11 is 5.75. The highest BCUT2D eigenvalue weighted by atomic mass is 35.5. The van der Waals surface area contributed by atoms with Gasteiger partial charge in [-0.1, -0.05) is 11.6 Å². The molecule has 5 nitrogen and oxygen atoms in total. The lowest BCUT2D eigenvalue weighted by Gasteiger charge is -2.21. The van der Waals surface area contributed by atoms with Crippen molar-refractivity contribution in [2.75, 3.05) is 18.5 Å². The van der Waals surface area contributed by atoms with Gasteiger partial charge in [-0.05, 0) is 31.0 Å². The van der Waals surface area contributed by atoms with E-state index >= 15 is 0 Å². The van der Waals surface area contributed by atoms with Crippen LogP contribution in [-0.2, 0) is 9.53 Å². The molecule has 0 atom stereocenters. The summed E-state index contributed by atoms with van der Waals surface area (Å²) in [5.74, 6) is -1.43. The van der Waals surface area contributed by atoms with Gasteiger partial charge in [0.25, 0.3) is 0 Å². The first-order valence-corrected chi connectivity index (χ1v) is 6.37. The fraction of sp³-hybridized carbons (Fsp3) is 0.385. The first kappa shape index (κ1) is 13.8. The van der Waals surface area contributed by atoms with Crippen LogP contribution in [0.4, 0.5) is 5.69 Å². The summed E-state index contributed by atoms with van der Waals surface area (Å²) in [4.78, 5) is 23.1. The van der Waals surface area contributed by atoms with Crippen LogP contribution in [0.1, 0.15) is 23.2 Å². The molecular formula is C13H14ClNO4. The van der Waals surface area contributed by atoms with E-state index < -0.39 is 5.97 Å². The zero-order valence-electron chi connectivity index (χ0n) is 10.2. The Hall–Kier alpha value is -1.59. The number of hydrogen-bond donors (Lipinski definition) is 2. The molecule has 0 bridgehead atoms. The number of hydrogen-bond acceptors (Lipinski definition) is 3. The van der Waals surface area contributed by atoms with Crippen LogP contribution in [-0.4, -0.2) is 30.2 Å². The van der Waals surface area contributed by atoms with Crippen LogP contribution < -0.4 is 5.32 Å². The minimum Gasteiger partial charge on any atom is -0.478 e. The van der Waals surface area contributed by atoms with Gasteiger partial charge in [-0.3, -0.25) is 4.79 Å². The van der Waals surface area contributed by atoms with Crippen molar-refractivity contribution in [2.24, 2.45) is 5.92 Å². The second kappa shape index (κ2) is 6.04. The van der Waals surface area contributed by atoms with Crippen LogP contribution in [0.5, 0.6) is 0 Å². The smallest absolute Gasteiger partial charge is 0.337 e. The number of halogens is 1. The highest BCUT2D eigenvalue weighted by Crippen LogP contribution is 2.23. The molecule has 1 amide bonds. The highest BCUT2D eigenvalue weighted by molar-refractivity contribution is 6.31. The summed E-state index contributed by atoms with van der Waals surface area (Å²) < 4.78 is 5.19. The second-order valence-electron chi connectivity index (χ2n) is 4.37. The maximum atomic E-state index is 12.0. The number of aromatic carboxylic acids is 1. The van der Waals surface area contributed by atoms with Gasteiger partial charge in [-0.2, -0.15) is 0 Å². The average Bonchev–Trinajstić information content (AvgIpc) is 2.41. The summed E-state index contributed by atoms with van der Waals surface area (Å²) in [5.41, 5.74) is 0.265. The number of nitrogens with one attached hydrogen (secondary N) is 1. The normalized spacial score (nSPS) is 16.1. The van der Waals surface area contributed by atoms with Gasteiger partial charge in [0.2, 0.25) is 5.91 Å². The Balaban J connectivity index is 2.13. The van der Waals surface area contributed by atoms with Crippen molar-refractivity contribution in [2.45, 2.75) is 12.8 Å². The first-order chi connectivity index (χ1) is 9.08. The van der Waals surface area contributed by atoms with Crippen molar-refractivity contribution in [3.63, 3.8) is 0 Å². The Bertz CT molecular complexity index is 497. The van der Waals surface area contributed by atoms with Gasteiger partial charge in [-0.15, -0.1) is 0 Å². The quantitative estimate of drug-likeness (QED) is 0.893. The van der Waals surface area contributed by atoms with Crippen LogP contribution in [0.25, 0.3) is 0 Å². The molecule has 0 aromatic heterocycles. The fourth-order valence-corrected chi connectivity index (χ4v) is 2.17. The summed E-state index contributed by atoms with van der Waals surface area (Å²) in [7, 11) is 0. The molecule has 1 fully saturated rings. The molecule has 19 heavy (non-hydrogen) atoms. The van der Waals surface area contributed by atoms with Crippen LogP contribution in [0.3, 0.4) is 0 Å². The van der Waals surface area contributed by atoms with Gasteiger partial charge >= 0.3 is 5.97 Å². The van der Waals surface area contributed by atoms with Gasteiger partial charge in [-0.25, -0.2) is 4.79 Å². The summed E-state index contributed by atoms with van der Waals surface area (Å²) in [6, 6.07) is 4.38. The van der Waals surface area contributed by atoms with Gasteiger partial charge in [0.15, 0.2) is 0 Å². The Morgan fingerprint density at radius 3 is 2.63 bits per heavy atom. The summed E-state index contributed by atoms with van der Waals surface area (Å²) in [6.45, 7) is 1.12. The van der Waals surface area contributed by atoms with E-state index in [2.05, 4.69) is 5.32 Å². The van der Waals surface area contributed by atoms with Crippen LogP contribution >= 0.6 is 11.6 Å². The van der Waals surface area contributed by atoms with E-state index in [9.17, 15) is 9.59 Å². The molecule has 2 rings (SSSR count). The molecule has 1 aromatic rings. The van der Waals surface area contributed by atoms with E-state index in [4.69, 9.17) is 21.4 Å². The summed E-state index contributed by atoms with van der Waals surface area (Å²) in [5, 5.41) is 12.1. The second-order valence-corrected chi connectivity index (χ2v) is 4.81. The maximum absolute atomic E-state index is 12.0. The Morgan fingerprint density at radius 1 is 1.32 bits per heavy atom. The van der Waals surface area contributed by atoms with E-state index in [1.165, 1.54) is 12.1 Å². The van der Waals surface area contributed by atoms with Crippen molar-refractivity contribution in [1.82, 2.24) is 0 Å². The number of carboxylic acid groups (broad SMARTS) is 1. The van der Waals surface area contributed by atoms with Gasteiger partial charge in [0.05, 0.1) is 11.3 Å². The average molecular weight is 284 g/mol. The van der Waals surface area contributed by atoms with Crippen molar-refractivity contribution >= 4 is 29.2 Å². The first-order valence-electron chi connectivity index (χ1n) is 5.99. The van der Waals surface area contributed by atoms with E-state index in [-0.39, 0.29) is 23.1 Å². The third-order valence-electron chi connectivity index (χ3n) is 3.06. The Labute approximate surface area is 115 Å². The molecule has 0 aliphatic carbocycles.